The highest BCUT2D eigenvalue weighted by atomic mass is 35.5. The molecule has 7 heteroatoms. The molecular weight excluding hydrogens is 452 g/mol. The van der Waals surface area contributed by atoms with E-state index < -0.39 is 5.91 Å². The first-order valence-electron chi connectivity index (χ1n) is 10.5. The zero-order chi connectivity index (χ0) is 24.4. The number of nitrogens with two attached hydrogens (primary N) is 1. The number of furan rings is 1. The molecule has 0 bridgehead atoms. The molecule has 0 aliphatic carbocycles. The summed E-state index contributed by atoms with van der Waals surface area (Å²) in [5.41, 5.74) is 11.0. The van der Waals surface area contributed by atoms with Crippen molar-refractivity contribution in [3.05, 3.63) is 88.6 Å². The van der Waals surface area contributed by atoms with Gasteiger partial charge in [-0.25, -0.2) is 0 Å². The number of carbonyl (C=O) groups excluding carboxylic acids is 2. The lowest BCUT2D eigenvalue weighted by Crippen LogP contribution is -2.13. The number of ether oxygens (including phenoxy) is 1. The van der Waals surface area contributed by atoms with Crippen LogP contribution >= 0.6 is 11.6 Å². The van der Waals surface area contributed by atoms with Gasteiger partial charge in [-0.2, -0.15) is 0 Å². The highest BCUT2D eigenvalue weighted by molar-refractivity contribution is 6.30. The monoisotopic (exact) mass is 474 g/mol. The molecule has 6 nitrogen and oxygen atoms in total. The molecule has 0 fully saturated rings. The van der Waals surface area contributed by atoms with Crippen LogP contribution in [0.5, 0.6) is 5.75 Å². The number of hydrogen-bond donors (Lipinski definition) is 2. The molecule has 0 atom stereocenters. The molecule has 4 rings (SSSR count). The fourth-order valence-corrected chi connectivity index (χ4v) is 4.05. The molecule has 3 N–H and O–H groups in total. The number of amides is 2. The van der Waals surface area contributed by atoms with Crippen LogP contribution in [0.25, 0.3) is 27.7 Å². The largest absolute Gasteiger partial charge is 0.496 e. The Morgan fingerprint density at radius 2 is 1.85 bits per heavy atom. The summed E-state index contributed by atoms with van der Waals surface area (Å²) in [7, 11) is 1.59. The van der Waals surface area contributed by atoms with Crippen LogP contribution in [0.2, 0.25) is 5.02 Å². The summed E-state index contributed by atoms with van der Waals surface area (Å²) in [5.74, 6) is -0.279. The topological polar surface area (TPSA) is 94.6 Å². The number of primary amides is 1. The lowest BCUT2D eigenvalue weighted by atomic mass is 9.96. The van der Waals surface area contributed by atoms with Crippen molar-refractivity contribution in [2.45, 2.75) is 13.8 Å². The molecule has 2 amide bonds. The fourth-order valence-electron chi connectivity index (χ4n) is 3.93. The molecule has 0 aliphatic rings. The number of halogens is 1. The second-order valence-electron chi connectivity index (χ2n) is 7.88. The number of allylic oxidation sites excluding steroid dienone is 1. The van der Waals surface area contributed by atoms with E-state index >= 15 is 0 Å². The zero-order valence-electron chi connectivity index (χ0n) is 18.9. The lowest BCUT2D eigenvalue weighted by Gasteiger charge is -2.13. The average Bonchev–Trinajstić information content (AvgIpc) is 3.24. The number of hydrogen-bond acceptors (Lipinski definition) is 4. The van der Waals surface area contributed by atoms with Gasteiger partial charge in [-0.15, -0.1) is 0 Å². The third-order valence-electron chi connectivity index (χ3n) is 5.59. The number of methoxy groups -OCH3 is 1. The van der Waals surface area contributed by atoms with E-state index in [4.69, 9.17) is 26.5 Å². The van der Waals surface area contributed by atoms with Crippen LogP contribution < -0.4 is 15.8 Å². The van der Waals surface area contributed by atoms with E-state index in [0.717, 1.165) is 27.6 Å². The minimum absolute atomic E-state index is 0.316. The highest BCUT2D eigenvalue weighted by Crippen LogP contribution is 2.40. The van der Waals surface area contributed by atoms with E-state index in [0.29, 0.717) is 33.2 Å². The smallest absolute Gasteiger partial charge is 0.248 e. The molecular formula is C27H23ClN2O4. The molecule has 0 spiro atoms. The van der Waals surface area contributed by atoms with Crippen molar-refractivity contribution in [2.75, 3.05) is 12.4 Å². The predicted octanol–water partition coefficient (Wildman–Crippen LogP) is 6.21. The summed E-state index contributed by atoms with van der Waals surface area (Å²) in [4.78, 5) is 24.1. The van der Waals surface area contributed by atoms with E-state index in [-0.39, 0.29) is 5.91 Å². The maximum absolute atomic E-state index is 12.7. The maximum Gasteiger partial charge on any atom is 0.248 e. The normalized spacial score (nSPS) is 11.5. The minimum atomic E-state index is -0.562. The number of benzene rings is 3. The molecule has 0 radical (unpaired) electrons. The summed E-state index contributed by atoms with van der Waals surface area (Å²) in [6.45, 7) is 3.76. The first kappa shape index (κ1) is 23.1. The van der Waals surface area contributed by atoms with Gasteiger partial charge in [0.25, 0.3) is 0 Å². The van der Waals surface area contributed by atoms with Crippen LogP contribution in [0.1, 0.15) is 28.4 Å². The Morgan fingerprint density at radius 3 is 2.53 bits per heavy atom. The highest BCUT2D eigenvalue weighted by Gasteiger charge is 2.19. The Labute approximate surface area is 202 Å². The van der Waals surface area contributed by atoms with Crippen LogP contribution in [-0.4, -0.2) is 18.9 Å². The SMILES string of the molecule is COc1c(/C(C)=C/C(=O)Nc2cccc(C(N)=O)c2)cc2c(-c3ccc(Cl)cc3)coc2c1C. The number of rotatable bonds is 6. The van der Waals surface area contributed by atoms with Gasteiger partial charge >= 0.3 is 0 Å². The van der Waals surface area contributed by atoms with Gasteiger partial charge in [0.2, 0.25) is 11.8 Å². The molecule has 0 saturated heterocycles. The van der Waals surface area contributed by atoms with Gasteiger partial charge in [-0.3, -0.25) is 9.59 Å². The first-order chi connectivity index (χ1) is 16.3. The lowest BCUT2D eigenvalue weighted by molar-refractivity contribution is -0.111. The van der Waals surface area contributed by atoms with Crippen LogP contribution in [0.15, 0.2) is 71.4 Å². The van der Waals surface area contributed by atoms with Crippen molar-refractivity contribution in [1.29, 1.82) is 0 Å². The molecule has 1 heterocycles. The Bertz CT molecular complexity index is 1440. The molecule has 34 heavy (non-hydrogen) atoms. The van der Waals surface area contributed by atoms with Crippen molar-refractivity contribution in [3.63, 3.8) is 0 Å². The zero-order valence-corrected chi connectivity index (χ0v) is 19.7. The second-order valence-corrected chi connectivity index (χ2v) is 8.31. The molecule has 0 unspecified atom stereocenters. The van der Waals surface area contributed by atoms with E-state index in [9.17, 15) is 9.59 Å². The third kappa shape index (κ3) is 4.54. The van der Waals surface area contributed by atoms with Gasteiger partial charge in [0.1, 0.15) is 11.3 Å². The van der Waals surface area contributed by atoms with E-state index in [2.05, 4.69) is 5.32 Å². The Hall–Kier alpha value is -4.03. The van der Waals surface area contributed by atoms with Gasteiger partial charge < -0.3 is 20.2 Å². The van der Waals surface area contributed by atoms with Gasteiger partial charge in [-0.1, -0.05) is 29.8 Å². The van der Waals surface area contributed by atoms with Gasteiger partial charge in [-0.05, 0) is 61.4 Å². The van der Waals surface area contributed by atoms with E-state index in [1.165, 1.54) is 12.1 Å². The fraction of sp³-hybridized carbons (Fsp3) is 0.111. The van der Waals surface area contributed by atoms with E-state index in [1.54, 1.807) is 31.6 Å². The second kappa shape index (κ2) is 9.45. The Morgan fingerprint density at radius 1 is 1.12 bits per heavy atom. The Balaban J connectivity index is 1.73. The third-order valence-corrected chi connectivity index (χ3v) is 5.84. The van der Waals surface area contributed by atoms with Crippen LogP contribution in [0.3, 0.4) is 0 Å². The number of aryl methyl sites for hydroxylation is 1. The molecule has 0 saturated carbocycles. The number of carbonyl (C=O) groups is 2. The molecule has 4 aromatic rings. The molecule has 0 aliphatic heterocycles. The summed E-state index contributed by atoms with van der Waals surface area (Å²) < 4.78 is 11.6. The predicted molar refractivity (Wildman–Crippen MR) is 135 cm³/mol. The van der Waals surface area contributed by atoms with Crippen molar-refractivity contribution in [2.24, 2.45) is 5.73 Å². The number of nitrogens with one attached hydrogen (secondary N) is 1. The number of fused-ring (bicyclic) bond motifs is 1. The molecule has 1 aromatic heterocycles. The first-order valence-corrected chi connectivity index (χ1v) is 10.9. The van der Waals surface area contributed by atoms with Crippen molar-refractivity contribution in [1.82, 2.24) is 0 Å². The van der Waals surface area contributed by atoms with Crippen LogP contribution in [0, 0.1) is 6.92 Å². The van der Waals surface area contributed by atoms with Crippen molar-refractivity contribution < 1.29 is 18.7 Å². The quantitative estimate of drug-likeness (QED) is 0.325. The minimum Gasteiger partial charge on any atom is -0.496 e. The molecule has 3 aromatic carbocycles. The van der Waals surface area contributed by atoms with E-state index in [1.807, 2.05) is 44.2 Å². The van der Waals surface area contributed by atoms with Gasteiger partial charge in [0, 0.05) is 44.4 Å². The van der Waals surface area contributed by atoms with Gasteiger partial charge in [0.05, 0.1) is 13.4 Å². The average molecular weight is 475 g/mol. The Kier molecular flexibility index (Phi) is 6.43. The van der Waals surface area contributed by atoms with Crippen LogP contribution in [-0.2, 0) is 4.79 Å². The van der Waals surface area contributed by atoms with Crippen LogP contribution in [0.4, 0.5) is 5.69 Å². The standard InChI is InChI=1S/C27H23ClN2O4/c1-15(11-24(31)30-20-6-4-5-18(12-20)27(29)32)21-13-22-23(17-7-9-19(28)10-8-17)14-34-26(22)16(2)25(21)33-3/h4-14H,1-3H3,(H2,29,32)(H,30,31)/b15-11+. The summed E-state index contributed by atoms with van der Waals surface area (Å²) >= 11 is 6.05. The molecule has 172 valence electrons. The van der Waals surface area contributed by atoms with Crippen molar-refractivity contribution in [3.8, 4) is 16.9 Å². The summed E-state index contributed by atoms with van der Waals surface area (Å²) in [6.07, 6.45) is 3.20. The van der Waals surface area contributed by atoms with Gasteiger partial charge in [0.15, 0.2) is 0 Å². The van der Waals surface area contributed by atoms with Crippen molar-refractivity contribution >= 4 is 45.6 Å². The summed E-state index contributed by atoms with van der Waals surface area (Å²) in [6, 6.07) is 15.9. The number of anilines is 1. The maximum atomic E-state index is 12.7. The summed E-state index contributed by atoms with van der Waals surface area (Å²) in [5, 5.41) is 4.32.